The van der Waals surface area contributed by atoms with E-state index in [-0.39, 0.29) is 11.5 Å². The van der Waals surface area contributed by atoms with Crippen LogP contribution in [0, 0.1) is 11.3 Å². The van der Waals surface area contributed by atoms with Crippen molar-refractivity contribution in [3.05, 3.63) is 20.8 Å². The monoisotopic (exact) mass is 302 g/mol. The van der Waals surface area contributed by atoms with E-state index in [1.54, 1.807) is 11.3 Å². The highest BCUT2D eigenvalue weighted by molar-refractivity contribution is 9.10. The van der Waals surface area contributed by atoms with E-state index in [2.05, 4.69) is 29.8 Å². The molecule has 1 saturated carbocycles. The molecular formula is C13H19BrOS. The molecule has 1 aliphatic rings. The van der Waals surface area contributed by atoms with Crippen LogP contribution in [0.15, 0.2) is 15.9 Å². The molecule has 1 nitrogen and oxygen atoms in total. The van der Waals surface area contributed by atoms with Crippen LogP contribution in [0.3, 0.4) is 0 Å². The van der Waals surface area contributed by atoms with Crippen LogP contribution in [-0.2, 0) is 0 Å². The van der Waals surface area contributed by atoms with Gasteiger partial charge in [0.25, 0.3) is 0 Å². The summed E-state index contributed by atoms with van der Waals surface area (Å²) in [6.07, 6.45) is 4.65. The summed E-state index contributed by atoms with van der Waals surface area (Å²) < 4.78 is 1.06. The molecule has 0 radical (unpaired) electrons. The largest absolute Gasteiger partial charge is 0.387 e. The zero-order valence-electron chi connectivity index (χ0n) is 9.87. The summed E-state index contributed by atoms with van der Waals surface area (Å²) in [6.45, 7) is 4.59. The molecule has 0 saturated heterocycles. The minimum absolute atomic E-state index is 0.265. The predicted octanol–water partition coefficient (Wildman–Crippen LogP) is 4.76. The molecule has 2 unspecified atom stereocenters. The van der Waals surface area contributed by atoms with Gasteiger partial charge in [0.1, 0.15) is 0 Å². The van der Waals surface area contributed by atoms with Gasteiger partial charge in [0, 0.05) is 9.35 Å². The molecule has 1 heterocycles. The molecule has 1 N–H and O–H groups in total. The van der Waals surface area contributed by atoms with Crippen LogP contribution in [0.25, 0.3) is 0 Å². The molecule has 0 amide bonds. The van der Waals surface area contributed by atoms with Gasteiger partial charge >= 0.3 is 0 Å². The molecule has 90 valence electrons. The molecule has 0 bridgehead atoms. The summed E-state index contributed by atoms with van der Waals surface area (Å²) in [5.74, 6) is 0.399. The van der Waals surface area contributed by atoms with Gasteiger partial charge in [0.05, 0.1) is 6.10 Å². The maximum atomic E-state index is 10.5. The Labute approximate surface area is 110 Å². The van der Waals surface area contributed by atoms with Gasteiger partial charge < -0.3 is 5.11 Å². The minimum atomic E-state index is -0.301. The molecule has 0 aromatic carbocycles. The minimum Gasteiger partial charge on any atom is -0.387 e. The van der Waals surface area contributed by atoms with Crippen molar-refractivity contribution in [2.45, 2.75) is 45.6 Å². The third kappa shape index (κ3) is 2.36. The average Bonchev–Trinajstić information content (AvgIpc) is 2.63. The highest BCUT2D eigenvalue weighted by atomic mass is 79.9. The summed E-state index contributed by atoms with van der Waals surface area (Å²) in [6, 6.07) is 2.03. The average molecular weight is 303 g/mol. The van der Waals surface area contributed by atoms with Crippen molar-refractivity contribution in [3.8, 4) is 0 Å². The molecule has 2 atom stereocenters. The Morgan fingerprint density at radius 3 is 2.81 bits per heavy atom. The van der Waals surface area contributed by atoms with Gasteiger partial charge in [-0.2, -0.15) is 0 Å². The number of rotatable bonds is 2. The third-order valence-electron chi connectivity index (χ3n) is 3.88. The van der Waals surface area contributed by atoms with Gasteiger partial charge in [-0.1, -0.05) is 26.7 Å². The Balaban J connectivity index is 2.20. The van der Waals surface area contributed by atoms with E-state index in [4.69, 9.17) is 0 Å². The van der Waals surface area contributed by atoms with E-state index in [1.165, 1.54) is 19.3 Å². The van der Waals surface area contributed by atoms with E-state index < -0.39 is 0 Å². The van der Waals surface area contributed by atoms with E-state index in [1.807, 2.05) is 11.4 Å². The highest BCUT2D eigenvalue weighted by Gasteiger charge is 2.38. The topological polar surface area (TPSA) is 20.2 Å². The van der Waals surface area contributed by atoms with Crippen LogP contribution in [0.5, 0.6) is 0 Å². The molecule has 1 aliphatic carbocycles. The zero-order valence-corrected chi connectivity index (χ0v) is 12.3. The summed E-state index contributed by atoms with van der Waals surface area (Å²) in [5.41, 5.74) is 0.265. The van der Waals surface area contributed by atoms with Gasteiger partial charge in [-0.15, -0.1) is 11.3 Å². The quantitative estimate of drug-likeness (QED) is 0.835. The Morgan fingerprint density at radius 2 is 2.25 bits per heavy atom. The Kier molecular flexibility index (Phi) is 3.77. The second-order valence-electron chi connectivity index (χ2n) is 5.42. The van der Waals surface area contributed by atoms with Crippen LogP contribution in [0.4, 0.5) is 0 Å². The van der Waals surface area contributed by atoms with Crippen molar-refractivity contribution in [2.75, 3.05) is 0 Å². The summed E-state index contributed by atoms with van der Waals surface area (Å²) in [4.78, 5) is 1.10. The number of aliphatic hydroxyl groups is 1. The Hall–Kier alpha value is 0.140. The molecule has 16 heavy (non-hydrogen) atoms. The maximum Gasteiger partial charge on any atom is 0.0926 e. The number of halogens is 1. The SMILES string of the molecule is CC1(C)CCCCC1C(O)c1sccc1Br. The molecule has 1 aromatic rings. The lowest BCUT2D eigenvalue weighted by Crippen LogP contribution is -2.32. The zero-order chi connectivity index (χ0) is 11.8. The van der Waals surface area contributed by atoms with Gasteiger partial charge in [-0.05, 0) is 51.6 Å². The van der Waals surface area contributed by atoms with Crippen molar-refractivity contribution in [1.29, 1.82) is 0 Å². The van der Waals surface area contributed by atoms with Gasteiger partial charge in [-0.25, -0.2) is 0 Å². The number of hydrogen-bond donors (Lipinski definition) is 1. The van der Waals surface area contributed by atoms with E-state index in [0.717, 1.165) is 15.8 Å². The summed E-state index contributed by atoms with van der Waals surface area (Å²) in [5, 5.41) is 12.6. The third-order valence-corrected chi connectivity index (χ3v) is 5.83. The fraction of sp³-hybridized carbons (Fsp3) is 0.692. The highest BCUT2D eigenvalue weighted by Crippen LogP contribution is 2.48. The first kappa shape index (κ1) is 12.6. The lowest BCUT2D eigenvalue weighted by molar-refractivity contribution is 0.00554. The first-order chi connectivity index (χ1) is 7.52. The normalized spacial score (nSPS) is 26.6. The van der Waals surface area contributed by atoms with Crippen molar-refractivity contribution in [1.82, 2.24) is 0 Å². The molecule has 2 rings (SSSR count). The fourth-order valence-electron chi connectivity index (χ4n) is 2.81. The van der Waals surface area contributed by atoms with Crippen LogP contribution in [0.1, 0.15) is 50.5 Å². The second kappa shape index (κ2) is 4.79. The molecule has 1 aromatic heterocycles. The molecule has 1 fully saturated rings. The van der Waals surface area contributed by atoms with E-state index in [0.29, 0.717) is 5.92 Å². The smallest absolute Gasteiger partial charge is 0.0926 e. The summed E-state index contributed by atoms with van der Waals surface area (Å²) >= 11 is 5.18. The van der Waals surface area contributed by atoms with Gasteiger partial charge in [-0.3, -0.25) is 0 Å². The lowest BCUT2D eigenvalue weighted by Gasteiger charge is -2.41. The van der Waals surface area contributed by atoms with Gasteiger partial charge in [0.15, 0.2) is 0 Å². The Morgan fingerprint density at radius 1 is 1.50 bits per heavy atom. The number of thiophene rings is 1. The maximum absolute atomic E-state index is 10.5. The molecule has 0 spiro atoms. The van der Waals surface area contributed by atoms with Crippen LogP contribution >= 0.6 is 27.3 Å². The van der Waals surface area contributed by atoms with Crippen LogP contribution in [-0.4, -0.2) is 5.11 Å². The van der Waals surface area contributed by atoms with Crippen molar-refractivity contribution in [3.63, 3.8) is 0 Å². The van der Waals surface area contributed by atoms with Gasteiger partial charge in [0.2, 0.25) is 0 Å². The number of hydrogen-bond acceptors (Lipinski definition) is 2. The fourth-order valence-corrected chi connectivity index (χ4v) is 4.46. The Bertz CT molecular complexity index is 359. The first-order valence-corrected chi connectivity index (χ1v) is 7.60. The molecule has 0 aliphatic heterocycles. The molecule has 3 heteroatoms. The number of aliphatic hydroxyl groups excluding tert-OH is 1. The van der Waals surface area contributed by atoms with Crippen molar-refractivity contribution in [2.24, 2.45) is 11.3 Å². The van der Waals surface area contributed by atoms with Crippen molar-refractivity contribution < 1.29 is 5.11 Å². The van der Waals surface area contributed by atoms with Crippen molar-refractivity contribution >= 4 is 27.3 Å². The van der Waals surface area contributed by atoms with Crippen LogP contribution < -0.4 is 0 Å². The second-order valence-corrected chi connectivity index (χ2v) is 7.22. The van der Waals surface area contributed by atoms with Crippen LogP contribution in [0.2, 0.25) is 0 Å². The first-order valence-electron chi connectivity index (χ1n) is 5.93. The lowest BCUT2D eigenvalue weighted by atomic mass is 9.66. The van der Waals surface area contributed by atoms with E-state index in [9.17, 15) is 5.11 Å². The molecular weight excluding hydrogens is 284 g/mol. The predicted molar refractivity (Wildman–Crippen MR) is 72.7 cm³/mol. The standard InChI is InChI=1S/C13H19BrOS/c1-13(2)7-4-3-5-9(13)11(15)12-10(14)6-8-16-12/h6,8-9,11,15H,3-5,7H2,1-2H3. The summed E-state index contributed by atoms with van der Waals surface area (Å²) in [7, 11) is 0. The van der Waals surface area contributed by atoms with E-state index >= 15 is 0 Å².